The molecular weight excluding hydrogens is 186 g/mol. The van der Waals surface area contributed by atoms with Gasteiger partial charge < -0.3 is 10.4 Å². The molecule has 0 aromatic heterocycles. The van der Waals surface area contributed by atoms with E-state index in [0.717, 1.165) is 19.4 Å². The smallest absolute Gasteiger partial charge is 0.0436 e. The second-order valence-electron chi connectivity index (χ2n) is 5.31. The first-order valence-electron chi connectivity index (χ1n) is 5.88. The molecule has 0 spiro atoms. The quantitative estimate of drug-likeness (QED) is 0.607. The third-order valence-corrected chi connectivity index (χ3v) is 3.08. The molecule has 0 heterocycles. The summed E-state index contributed by atoms with van der Waals surface area (Å²) in [6.45, 7) is 13.8. The minimum atomic E-state index is 0.177. The van der Waals surface area contributed by atoms with Gasteiger partial charge in [-0.05, 0) is 31.1 Å². The minimum Gasteiger partial charge on any atom is -0.396 e. The van der Waals surface area contributed by atoms with E-state index in [-0.39, 0.29) is 12.0 Å². The summed E-state index contributed by atoms with van der Waals surface area (Å²) in [6.07, 6.45) is 3.87. The van der Waals surface area contributed by atoms with Crippen molar-refractivity contribution in [2.75, 3.05) is 13.2 Å². The lowest BCUT2D eigenvalue weighted by Crippen LogP contribution is -2.39. The number of aliphatic hydroxyl groups is 1. The maximum atomic E-state index is 8.92. The SMILES string of the molecule is C=CCC(C)C(C)NCC(C)(C)CCO. The Labute approximate surface area is 94.8 Å². The fourth-order valence-electron chi connectivity index (χ4n) is 1.50. The summed E-state index contributed by atoms with van der Waals surface area (Å²) < 4.78 is 0. The molecular formula is C13H27NO. The molecule has 0 saturated carbocycles. The van der Waals surface area contributed by atoms with Crippen LogP contribution in [0.4, 0.5) is 0 Å². The maximum Gasteiger partial charge on any atom is 0.0436 e. The Balaban J connectivity index is 3.87. The fourth-order valence-corrected chi connectivity index (χ4v) is 1.50. The summed E-state index contributed by atoms with van der Waals surface area (Å²) in [5.74, 6) is 0.618. The Morgan fingerprint density at radius 3 is 2.47 bits per heavy atom. The number of rotatable bonds is 8. The van der Waals surface area contributed by atoms with Crippen molar-refractivity contribution in [2.45, 2.75) is 46.6 Å². The highest BCUT2D eigenvalue weighted by Gasteiger charge is 2.19. The van der Waals surface area contributed by atoms with Gasteiger partial charge in [0.1, 0.15) is 0 Å². The van der Waals surface area contributed by atoms with E-state index in [1.165, 1.54) is 0 Å². The molecule has 0 aliphatic rings. The third-order valence-electron chi connectivity index (χ3n) is 3.08. The Bertz CT molecular complexity index is 177. The molecule has 2 atom stereocenters. The molecule has 0 aromatic carbocycles. The predicted molar refractivity (Wildman–Crippen MR) is 66.9 cm³/mol. The lowest BCUT2D eigenvalue weighted by molar-refractivity contribution is 0.199. The van der Waals surface area contributed by atoms with Crippen LogP contribution in [0.25, 0.3) is 0 Å². The van der Waals surface area contributed by atoms with E-state index in [4.69, 9.17) is 5.11 Å². The lowest BCUT2D eigenvalue weighted by atomic mass is 9.88. The van der Waals surface area contributed by atoms with Crippen molar-refractivity contribution >= 4 is 0 Å². The summed E-state index contributed by atoms with van der Waals surface area (Å²) in [6, 6.07) is 0.501. The van der Waals surface area contributed by atoms with Crippen LogP contribution in [0.1, 0.15) is 40.5 Å². The van der Waals surface area contributed by atoms with Crippen molar-refractivity contribution in [3.05, 3.63) is 12.7 Å². The van der Waals surface area contributed by atoms with E-state index in [1.807, 2.05) is 6.08 Å². The van der Waals surface area contributed by atoms with Gasteiger partial charge in [-0.3, -0.25) is 0 Å². The first kappa shape index (κ1) is 14.7. The molecule has 0 bridgehead atoms. The fraction of sp³-hybridized carbons (Fsp3) is 0.846. The molecule has 0 fully saturated rings. The average molecular weight is 213 g/mol. The standard InChI is InChI=1S/C13H27NO/c1-6-7-11(2)12(3)14-10-13(4,5)8-9-15/h6,11-12,14-15H,1,7-10H2,2-5H3. The van der Waals surface area contributed by atoms with Crippen LogP contribution in [0.15, 0.2) is 12.7 Å². The zero-order valence-electron chi connectivity index (χ0n) is 10.7. The molecule has 2 nitrogen and oxygen atoms in total. The van der Waals surface area contributed by atoms with Crippen molar-refractivity contribution in [3.8, 4) is 0 Å². The van der Waals surface area contributed by atoms with Crippen LogP contribution in [0.3, 0.4) is 0 Å². The summed E-state index contributed by atoms with van der Waals surface area (Å²) in [5, 5.41) is 12.5. The summed E-state index contributed by atoms with van der Waals surface area (Å²) >= 11 is 0. The molecule has 2 heteroatoms. The van der Waals surface area contributed by atoms with Crippen LogP contribution < -0.4 is 5.32 Å². The number of nitrogens with one attached hydrogen (secondary N) is 1. The minimum absolute atomic E-state index is 0.177. The van der Waals surface area contributed by atoms with Gasteiger partial charge in [0.15, 0.2) is 0 Å². The molecule has 0 rings (SSSR count). The van der Waals surface area contributed by atoms with Gasteiger partial charge in [-0.15, -0.1) is 6.58 Å². The topological polar surface area (TPSA) is 32.3 Å². The van der Waals surface area contributed by atoms with Gasteiger partial charge in [-0.25, -0.2) is 0 Å². The van der Waals surface area contributed by atoms with Gasteiger partial charge in [0.05, 0.1) is 0 Å². The van der Waals surface area contributed by atoms with Gasteiger partial charge in [-0.2, -0.15) is 0 Å². The monoisotopic (exact) mass is 213 g/mol. The normalized spacial score (nSPS) is 16.1. The van der Waals surface area contributed by atoms with E-state index in [9.17, 15) is 0 Å². The van der Waals surface area contributed by atoms with Crippen LogP contribution in [0, 0.1) is 11.3 Å². The maximum absolute atomic E-state index is 8.92. The van der Waals surface area contributed by atoms with Gasteiger partial charge >= 0.3 is 0 Å². The molecule has 2 unspecified atom stereocenters. The second-order valence-corrected chi connectivity index (χ2v) is 5.31. The number of hydrogen-bond donors (Lipinski definition) is 2. The Morgan fingerprint density at radius 2 is 2.00 bits per heavy atom. The molecule has 0 aromatic rings. The molecule has 0 saturated heterocycles. The summed E-state index contributed by atoms with van der Waals surface area (Å²) in [5.41, 5.74) is 0.177. The van der Waals surface area contributed by atoms with E-state index in [0.29, 0.717) is 12.0 Å². The number of aliphatic hydroxyl groups excluding tert-OH is 1. The van der Waals surface area contributed by atoms with Crippen LogP contribution in [-0.4, -0.2) is 24.3 Å². The van der Waals surface area contributed by atoms with Crippen molar-refractivity contribution in [3.63, 3.8) is 0 Å². The van der Waals surface area contributed by atoms with Crippen LogP contribution in [-0.2, 0) is 0 Å². The van der Waals surface area contributed by atoms with Crippen LogP contribution in [0.2, 0.25) is 0 Å². The van der Waals surface area contributed by atoms with Gasteiger partial charge in [0.25, 0.3) is 0 Å². The van der Waals surface area contributed by atoms with E-state index < -0.39 is 0 Å². The Hall–Kier alpha value is -0.340. The van der Waals surface area contributed by atoms with Crippen molar-refractivity contribution in [2.24, 2.45) is 11.3 Å². The first-order chi connectivity index (χ1) is 6.93. The van der Waals surface area contributed by atoms with Crippen molar-refractivity contribution in [1.82, 2.24) is 5.32 Å². The number of hydrogen-bond acceptors (Lipinski definition) is 2. The first-order valence-corrected chi connectivity index (χ1v) is 5.88. The van der Waals surface area contributed by atoms with E-state index in [1.54, 1.807) is 0 Å². The van der Waals surface area contributed by atoms with Gasteiger partial charge in [0, 0.05) is 19.2 Å². The number of allylic oxidation sites excluding steroid dienone is 1. The van der Waals surface area contributed by atoms with E-state index >= 15 is 0 Å². The highest BCUT2D eigenvalue weighted by molar-refractivity contribution is 4.80. The molecule has 0 radical (unpaired) electrons. The zero-order chi connectivity index (χ0) is 11.9. The summed E-state index contributed by atoms with van der Waals surface area (Å²) in [4.78, 5) is 0. The van der Waals surface area contributed by atoms with Gasteiger partial charge in [0.2, 0.25) is 0 Å². The molecule has 90 valence electrons. The molecule has 0 amide bonds. The molecule has 0 aliphatic heterocycles. The largest absolute Gasteiger partial charge is 0.396 e. The third kappa shape index (κ3) is 6.69. The highest BCUT2D eigenvalue weighted by Crippen LogP contribution is 2.19. The predicted octanol–water partition coefficient (Wildman–Crippen LogP) is 2.59. The van der Waals surface area contributed by atoms with Crippen LogP contribution in [0.5, 0.6) is 0 Å². The molecule has 15 heavy (non-hydrogen) atoms. The Kier molecular flexibility index (Phi) is 6.86. The molecule has 2 N–H and O–H groups in total. The second kappa shape index (κ2) is 7.02. The lowest BCUT2D eigenvalue weighted by Gasteiger charge is -2.28. The zero-order valence-corrected chi connectivity index (χ0v) is 10.7. The average Bonchev–Trinajstić information content (AvgIpc) is 2.14. The van der Waals surface area contributed by atoms with Crippen molar-refractivity contribution < 1.29 is 5.11 Å². The van der Waals surface area contributed by atoms with Crippen molar-refractivity contribution in [1.29, 1.82) is 0 Å². The molecule has 0 aliphatic carbocycles. The Morgan fingerprint density at radius 1 is 1.40 bits per heavy atom. The summed E-state index contributed by atoms with van der Waals surface area (Å²) in [7, 11) is 0. The van der Waals surface area contributed by atoms with Crippen LogP contribution >= 0.6 is 0 Å². The highest BCUT2D eigenvalue weighted by atomic mass is 16.3. The van der Waals surface area contributed by atoms with Gasteiger partial charge in [-0.1, -0.05) is 26.8 Å². The van der Waals surface area contributed by atoms with E-state index in [2.05, 4.69) is 39.6 Å².